The smallest absolute Gasteiger partial charge is 0.462 e. The van der Waals surface area contributed by atoms with Gasteiger partial charge in [0.05, 0.1) is 27.7 Å². The first-order chi connectivity index (χ1) is 29.5. The molecule has 1 N–H and O–H groups in total. The Bertz CT molecular complexity index is 1090. The number of likely N-dealkylation sites (N-methyl/N-ethyl adjacent to an activating group) is 1. The molecular formula is C51H99NO8P+. The molecule has 0 aliphatic carbocycles. The van der Waals surface area contributed by atoms with E-state index in [9.17, 15) is 19.0 Å². The number of phosphoric acid groups is 1. The van der Waals surface area contributed by atoms with Crippen molar-refractivity contribution in [3.8, 4) is 0 Å². The molecule has 9 nitrogen and oxygen atoms in total. The normalized spacial score (nSPS) is 13.6. The van der Waals surface area contributed by atoms with Gasteiger partial charge in [0.2, 0.25) is 0 Å². The second-order valence-electron chi connectivity index (χ2n) is 18.6. The van der Waals surface area contributed by atoms with E-state index in [1.165, 1.54) is 167 Å². The third-order valence-electron chi connectivity index (χ3n) is 11.2. The molecule has 0 saturated carbocycles. The fraction of sp³-hybridized carbons (Fsp3) is 0.882. The van der Waals surface area contributed by atoms with Crippen LogP contribution in [0.4, 0.5) is 0 Å². The Hall–Kier alpha value is -1.51. The molecular weight excluding hydrogens is 786 g/mol. The lowest BCUT2D eigenvalue weighted by Gasteiger charge is -2.24. The van der Waals surface area contributed by atoms with Crippen LogP contribution in [0.2, 0.25) is 0 Å². The van der Waals surface area contributed by atoms with Crippen molar-refractivity contribution in [2.45, 2.75) is 245 Å². The molecule has 0 aromatic carbocycles. The molecule has 1 unspecified atom stereocenters. The summed E-state index contributed by atoms with van der Waals surface area (Å²) in [6.07, 6.45) is 49.3. The molecule has 0 aromatic heterocycles. The fourth-order valence-corrected chi connectivity index (χ4v) is 7.96. The van der Waals surface area contributed by atoms with Crippen LogP contribution < -0.4 is 0 Å². The summed E-state index contributed by atoms with van der Waals surface area (Å²) >= 11 is 0. The largest absolute Gasteiger partial charge is 0.472 e. The number of hydrogen-bond donors (Lipinski definition) is 1. The van der Waals surface area contributed by atoms with Crippen molar-refractivity contribution in [2.24, 2.45) is 0 Å². The minimum Gasteiger partial charge on any atom is -0.462 e. The Kier molecular flexibility index (Phi) is 42.6. The molecule has 0 rings (SSSR count). The lowest BCUT2D eigenvalue weighted by Crippen LogP contribution is -2.37. The summed E-state index contributed by atoms with van der Waals surface area (Å²) in [5.41, 5.74) is 0. The van der Waals surface area contributed by atoms with Crippen molar-refractivity contribution in [3.05, 3.63) is 24.3 Å². The lowest BCUT2D eigenvalue weighted by atomic mass is 10.0. The van der Waals surface area contributed by atoms with Crippen LogP contribution >= 0.6 is 7.82 Å². The van der Waals surface area contributed by atoms with E-state index in [0.29, 0.717) is 17.4 Å². The number of nitrogens with zero attached hydrogens (tertiary/aromatic N) is 1. The average molecular weight is 885 g/mol. The number of carbonyl (C=O) groups excluding carboxylic acids is 2. The molecule has 0 amide bonds. The van der Waals surface area contributed by atoms with Crippen molar-refractivity contribution in [3.63, 3.8) is 0 Å². The maximum atomic E-state index is 12.7. The molecule has 0 spiro atoms. The van der Waals surface area contributed by atoms with E-state index >= 15 is 0 Å². The van der Waals surface area contributed by atoms with Gasteiger partial charge in [0.1, 0.15) is 19.8 Å². The van der Waals surface area contributed by atoms with Crippen LogP contribution in [0.25, 0.3) is 0 Å². The standard InChI is InChI=1S/C51H98NO8P/c1-6-8-10-12-14-16-18-20-22-24-26-28-29-31-33-35-37-39-41-43-50(53)57-47-49(48-59-61(55,56)58-46-45-52(3,4)5)60-51(54)44-42-40-38-36-34-32-30-27-25-23-21-19-17-15-13-11-9-7-2/h14,16,20,22,49H,6-13,15,17-19,21,23-48H2,1-5H3/p+1/b16-14-,22-20-/t49-/m1/s1. The molecule has 360 valence electrons. The van der Waals surface area contributed by atoms with Crippen molar-refractivity contribution >= 4 is 19.8 Å². The van der Waals surface area contributed by atoms with E-state index in [1.54, 1.807) is 0 Å². The van der Waals surface area contributed by atoms with Gasteiger partial charge in [-0.2, -0.15) is 0 Å². The van der Waals surface area contributed by atoms with E-state index < -0.39 is 26.5 Å². The Balaban J connectivity index is 4.24. The van der Waals surface area contributed by atoms with Gasteiger partial charge in [0.15, 0.2) is 6.10 Å². The summed E-state index contributed by atoms with van der Waals surface area (Å²) in [7, 11) is 1.48. The van der Waals surface area contributed by atoms with Crippen molar-refractivity contribution < 1.29 is 42.1 Å². The SMILES string of the molecule is CCCCC/C=C\C/C=C\CCCCCCCCCCCC(=O)OC[C@H](COP(=O)(O)OCC[N+](C)(C)C)OC(=O)CCCCCCCCCCCCCCCCCCCC. The Morgan fingerprint density at radius 3 is 1.33 bits per heavy atom. The third-order valence-corrected chi connectivity index (χ3v) is 12.2. The minimum absolute atomic E-state index is 0.0334. The molecule has 0 heterocycles. The highest BCUT2D eigenvalue weighted by molar-refractivity contribution is 7.47. The number of hydrogen-bond acceptors (Lipinski definition) is 7. The Morgan fingerprint density at radius 1 is 0.508 bits per heavy atom. The predicted octanol–water partition coefficient (Wildman–Crippen LogP) is 15.1. The zero-order chi connectivity index (χ0) is 45.0. The van der Waals surface area contributed by atoms with E-state index in [0.717, 1.165) is 38.5 Å². The number of allylic oxidation sites excluding steroid dienone is 4. The fourth-order valence-electron chi connectivity index (χ4n) is 7.22. The number of phosphoric ester groups is 1. The summed E-state index contributed by atoms with van der Waals surface area (Å²) < 4.78 is 34.5. The minimum atomic E-state index is -4.38. The van der Waals surface area contributed by atoms with Gasteiger partial charge in [-0.05, 0) is 44.9 Å². The molecule has 0 aliphatic heterocycles. The van der Waals surface area contributed by atoms with Gasteiger partial charge in [-0.1, -0.05) is 205 Å². The highest BCUT2D eigenvalue weighted by Gasteiger charge is 2.27. The lowest BCUT2D eigenvalue weighted by molar-refractivity contribution is -0.870. The van der Waals surface area contributed by atoms with Gasteiger partial charge in [-0.3, -0.25) is 18.6 Å². The van der Waals surface area contributed by atoms with Crippen molar-refractivity contribution in [1.29, 1.82) is 0 Å². The number of esters is 2. The van der Waals surface area contributed by atoms with Gasteiger partial charge in [-0.15, -0.1) is 0 Å². The maximum Gasteiger partial charge on any atom is 0.472 e. The molecule has 0 radical (unpaired) electrons. The van der Waals surface area contributed by atoms with Crippen molar-refractivity contribution in [2.75, 3.05) is 47.5 Å². The number of quaternary nitrogens is 1. The summed E-state index contributed by atoms with van der Waals surface area (Å²) in [5, 5.41) is 0. The van der Waals surface area contributed by atoms with Crippen molar-refractivity contribution in [1.82, 2.24) is 0 Å². The van der Waals surface area contributed by atoms with E-state index in [2.05, 4.69) is 38.2 Å². The van der Waals surface area contributed by atoms with Gasteiger partial charge in [0.25, 0.3) is 0 Å². The molecule has 0 bridgehead atoms. The molecule has 0 aliphatic rings. The zero-order valence-corrected chi connectivity index (χ0v) is 41.6. The summed E-state index contributed by atoms with van der Waals surface area (Å²) in [6.45, 7) is 4.44. The number of unbranched alkanes of at least 4 members (excludes halogenated alkanes) is 29. The van der Waals surface area contributed by atoms with E-state index in [1.807, 2.05) is 21.1 Å². The van der Waals surface area contributed by atoms with Crippen LogP contribution in [0.3, 0.4) is 0 Å². The van der Waals surface area contributed by atoms with Crippen LogP contribution in [-0.4, -0.2) is 74.9 Å². The quantitative estimate of drug-likeness (QED) is 0.0212. The topological polar surface area (TPSA) is 108 Å². The van der Waals surface area contributed by atoms with E-state index in [4.69, 9.17) is 18.5 Å². The molecule has 0 saturated heterocycles. The molecule has 0 fully saturated rings. The molecule has 0 aromatic rings. The van der Waals surface area contributed by atoms with Crippen LogP contribution in [0.5, 0.6) is 0 Å². The van der Waals surface area contributed by atoms with Gasteiger partial charge in [-0.25, -0.2) is 4.57 Å². The van der Waals surface area contributed by atoms with Gasteiger partial charge < -0.3 is 18.9 Å². The Labute approximate surface area is 377 Å². The summed E-state index contributed by atoms with van der Waals surface area (Å²) in [4.78, 5) is 35.5. The number of ether oxygens (including phenoxy) is 2. The highest BCUT2D eigenvalue weighted by Crippen LogP contribution is 2.43. The van der Waals surface area contributed by atoms with E-state index in [-0.39, 0.29) is 32.0 Å². The summed E-state index contributed by atoms with van der Waals surface area (Å²) in [5.74, 6) is -0.791. The zero-order valence-electron chi connectivity index (χ0n) is 40.7. The molecule has 10 heteroatoms. The second-order valence-corrected chi connectivity index (χ2v) is 20.0. The Morgan fingerprint density at radius 2 is 0.885 bits per heavy atom. The first-order valence-electron chi connectivity index (χ1n) is 25.6. The van der Waals surface area contributed by atoms with Crippen LogP contribution in [0.15, 0.2) is 24.3 Å². The second kappa shape index (κ2) is 43.7. The number of rotatable bonds is 47. The monoisotopic (exact) mass is 885 g/mol. The van der Waals surface area contributed by atoms with Gasteiger partial charge >= 0.3 is 19.8 Å². The first kappa shape index (κ1) is 59.5. The predicted molar refractivity (Wildman–Crippen MR) is 257 cm³/mol. The summed E-state index contributed by atoms with van der Waals surface area (Å²) in [6, 6.07) is 0. The first-order valence-corrected chi connectivity index (χ1v) is 27.1. The molecule has 2 atom stereocenters. The highest BCUT2D eigenvalue weighted by atomic mass is 31.2. The maximum absolute atomic E-state index is 12.7. The average Bonchev–Trinajstić information content (AvgIpc) is 3.21. The third kappa shape index (κ3) is 47.8. The van der Waals surface area contributed by atoms with Crippen LogP contribution in [0, 0.1) is 0 Å². The number of carbonyl (C=O) groups is 2. The van der Waals surface area contributed by atoms with Crippen LogP contribution in [0.1, 0.15) is 239 Å². The molecule has 61 heavy (non-hydrogen) atoms. The van der Waals surface area contributed by atoms with Gasteiger partial charge in [0, 0.05) is 12.8 Å². The van der Waals surface area contributed by atoms with Crippen LogP contribution in [-0.2, 0) is 32.7 Å².